The molecule has 0 saturated carbocycles. The van der Waals surface area contributed by atoms with Crippen molar-refractivity contribution in [3.63, 3.8) is 0 Å². The largest absolute Gasteiger partial charge is 0.341 e. The molecule has 0 aliphatic rings. The molecule has 0 radical (unpaired) electrons. The molecule has 0 heterocycles. The van der Waals surface area contributed by atoms with Gasteiger partial charge in [0.25, 0.3) is 0 Å². The van der Waals surface area contributed by atoms with Gasteiger partial charge in [0.05, 0.1) is 0 Å². The van der Waals surface area contributed by atoms with Crippen LogP contribution in [0.25, 0.3) is 0 Å². The third-order valence-corrected chi connectivity index (χ3v) is 3.31. The second kappa shape index (κ2) is 7.95. The number of amides is 1. The van der Waals surface area contributed by atoms with Gasteiger partial charge in [-0.05, 0) is 31.0 Å². The predicted molar refractivity (Wildman–Crippen MR) is 80.0 cm³/mol. The van der Waals surface area contributed by atoms with Gasteiger partial charge < -0.3 is 10.2 Å². The predicted octanol–water partition coefficient (Wildman–Crippen LogP) is 2.60. The second-order valence-electron chi connectivity index (χ2n) is 5.08. The van der Waals surface area contributed by atoms with Gasteiger partial charge in [0.15, 0.2) is 0 Å². The summed E-state index contributed by atoms with van der Waals surface area (Å²) in [6.45, 7) is 7.83. The van der Waals surface area contributed by atoms with Crippen molar-refractivity contribution in [2.24, 2.45) is 0 Å². The molecule has 1 amide bonds. The van der Waals surface area contributed by atoms with Crippen LogP contribution >= 0.6 is 0 Å². The van der Waals surface area contributed by atoms with Crippen LogP contribution < -0.4 is 5.32 Å². The third kappa shape index (κ3) is 5.43. The van der Waals surface area contributed by atoms with E-state index in [9.17, 15) is 4.79 Å². The molecule has 1 atom stereocenters. The number of nitrogens with one attached hydrogen (secondary N) is 1. The molecule has 3 heteroatoms. The zero-order valence-electron chi connectivity index (χ0n) is 12.6. The average Bonchev–Trinajstić information content (AvgIpc) is 2.39. The lowest BCUT2D eigenvalue weighted by Crippen LogP contribution is -2.34. The van der Waals surface area contributed by atoms with Gasteiger partial charge in [-0.15, -0.1) is 0 Å². The number of aryl methyl sites for hydroxylation is 1. The summed E-state index contributed by atoms with van der Waals surface area (Å²) in [6, 6.07) is 8.72. The summed E-state index contributed by atoms with van der Waals surface area (Å²) in [7, 11) is 1.87. The fourth-order valence-electron chi connectivity index (χ4n) is 2.08. The first kappa shape index (κ1) is 15.7. The van der Waals surface area contributed by atoms with Crippen LogP contribution in [-0.2, 0) is 17.8 Å². The zero-order chi connectivity index (χ0) is 14.3. The van der Waals surface area contributed by atoms with E-state index >= 15 is 0 Å². The van der Waals surface area contributed by atoms with Crippen molar-refractivity contribution < 1.29 is 4.79 Å². The molecule has 1 aromatic carbocycles. The number of nitrogens with zero attached hydrogens (tertiary/aromatic N) is 1. The van der Waals surface area contributed by atoms with Gasteiger partial charge in [0, 0.05) is 26.1 Å². The van der Waals surface area contributed by atoms with Crippen LogP contribution in [0.15, 0.2) is 24.3 Å². The summed E-state index contributed by atoms with van der Waals surface area (Å²) in [4.78, 5) is 13.8. The summed E-state index contributed by atoms with van der Waals surface area (Å²) in [5.74, 6) is 0.188. The molecule has 1 N–H and O–H groups in total. The number of carbonyl (C=O) groups is 1. The Balaban J connectivity index is 2.48. The smallest absolute Gasteiger partial charge is 0.224 e. The van der Waals surface area contributed by atoms with Crippen LogP contribution in [0.5, 0.6) is 0 Å². The third-order valence-electron chi connectivity index (χ3n) is 3.31. The van der Waals surface area contributed by atoms with Crippen molar-refractivity contribution in [1.29, 1.82) is 0 Å². The van der Waals surface area contributed by atoms with Crippen molar-refractivity contribution in [3.05, 3.63) is 35.4 Å². The summed E-state index contributed by atoms with van der Waals surface area (Å²) in [5, 5.41) is 3.26. The first-order valence-electron chi connectivity index (χ1n) is 7.12. The number of hydrogen-bond acceptors (Lipinski definition) is 2. The number of benzene rings is 1. The molecule has 0 spiro atoms. The highest BCUT2D eigenvalue weighted by molar-refractivity contribution is 5.76. The van der Waals surface area contributed by atoms with E-state index in [2.05, 4.69) is 43.4 Å². The van der Waals surface area contributed by atoms with Gasteiger partial charge in [0.2, 0.25) is 5.91 Å². The Kier molecular flexibility index (Phi) is 6.57. The monoisotopic (exact) mass is 262 g/mol. The van der Waals surface area contributed by atoms with Crippen LogP contribution in [0.2, 0.25) is 0 Å². The summed E-state index contributed by atoms with van der Waals surface area (Å²) >= 11 is 0. The Morgan fingerprint density at radius 2 is 1.79 bits per heavy atom. The van der Waals surface area contributed by atoms with Crippen LogP contribution in [-0.4, -0.2) is 30.4 Å². The lowest BCUT2D eigenvalue weighted by atomic mass is 10.1. The van der Waals surface area contributed by atoms with Crippen molar-refractivity contribution in [2.45, 2.75) is 46.2 Å². The van der Waals surface area contributed by atoms with Gasteiger partial charge in [-0.1, -0.05) is 38.1 Å². The standard InChI is InChI=1S/C16H26N2O/c1-5-14-7-9-15(10-8-14)12-18(4)16(19)11-13(3)17-6-2/h7-10,13,17H,5-6,11-12H2,1-4H3. The van der Waals surface area contributed by atoms with E-state index in [1.54, 1.807) is 4.90 Å². The summed E-state index contributed by atoms with van der Waals surface area (Å²) in [5.41, 5.74) is 2.52. The molecule has 1 aromatic rings. The zero-order valence-corrected chi connectivity index (χ0v) is 12.6. The van der Waals surface area contributed by atoms with E-state index in [-0.39, 0.29) is 11.9 Å². The minimum atomic E-state index is 0.188. The molecule has 0 saturated heterocycles. The fraction of sp³-hybridized carbons (Fsp3) is 0.562. The molecular weight excluding hydrogens is 236 g/mol. The SMILES string of the molecule is CCNC(C)CC(=O)N(C)Cc1ccc(CC)cc1. The van der Waals surface area contributed by atoms with Crippen LogP contribution in [0, 0.1) is 0 Å². The normalized spacial score (nSPS) is 12.2. The van der Waals surface area contributed by atoms with Gasteiger partial charge in [0.1, 0.15) is 0 Å². The van der Waals surface area contributed by atoms with E-state index in [1.807, 2.05) is 14.0 Å². The van der Waals surface area contributed by atoms with Crippen molar-refractivity contribution in [1.82, 2.24) is 10.2 Å². The molecule has 1 rings (SSSR count). The van der Waals surface area contributed by atoms with Crippen molar-refractivity contribution in [3.8, 4) is 0 Å². The summed E-state index contributed by atoms with van der Waals surface area (Å²) < 4.78 is 0. The molecule has 1 unspecified atom stereocenters. The van der Waals surface area contributed by atoms with Crippen molar-refractivity contribution >= 4 is 5.91 Å². The molecule has 0 aliphatic carbocycles. The Hall–Kier alpha value is -1.35. The number of rotatable bonds is 7. The molecule has 0 aliphatic heterocycles. The second-order valence-corrected chi connectivity index (χ2v) is 5.08. The molecule has 0 bridgehead atoms. The number of hydrogen-bond donors (Lipinski definition) is 1. The van der Waals surface area contributed by atoms with Crippen LogP contribution in [0.4, 0.5) is 0 Å². The topological polar surface area (TPSA) is 32.3 Å². The number of carbonyl (C=O) groups excluding carboxylic acids is 1. The Morgan fingerprint density at radius 1 is 1.21 bits per heavy atom. The van der Waals surface area contributed by atoms with Crippen LogP contribution in [0.3, 0.4) is 0 Å². The van der Waals surface area contributed by atoms with Gasteiger partial charge in [-0.25, -0.2) is 0 Å². The maximum absolute atomic E-state index is 12.0. The maximum Gasteiger partial charge on any atom is 0.224 e. The fourth-order valence-corrected chi connectivity index (χ4v) is 2.08. The van der Waals surface area contributed by atoms with E-state index in [1.165, 1.54) is 11.1 Å². The molecule has 3 nitrogen and oxygen atoms in total. The quantitative estimate of drug-likeness (QED) is 0.819. The van der Waals surface area contributed by atoms with Gasteiger partial charge in [-0.3, -0.25) is 4.79 Å². The lowest BCUT2D eigenvalue weighted by molar-refractivity contribution is -0.130. The molecule has 0 aromatic heterocycles. The van der Waals surface area contributed by atoms with E-state index < -0.39 is 0 Å². The highest BCUT2D eigenvalue weighted by Crippen LogP contribution is 2.08. The first-order chi connectivity index (χ1) is 9.06. The molecule has 19 heavy (non-hydrogen) atoms. The van der Waals surface area contributed by atoms with Crippen LogP contribution in [0.1, 0.15) is 38.3 Å². The molecule has 106 valence electrons. The Labute approximate surface area is 117 Å². The Morgan fingerprint density at radius 3 is 2.32 bits per heavy atom. The maximum atomic E-state index is 12.0. The summed E-state index contributed by atoms with van der Waals surface area (Å²) in [6.07, 6.45) is 1.60. The van der Waals surface area contributed by atoms with Gasteiger partial charge >= 0.3 is 0 Å². The highest BCUT2D eigenvalue weighted by atomic mass is 16.2. The van der Waals surface area contributed by atoms with E-state index in [4.69, 9.17) is 0 Å². The molecule has 0 fully saturated rings. The average molecular weight is 262 g/mol. The molecular formula is C16H26N2O. The van der Waals surface area contributed by atoms with E-state index in [0.29, 0.717) is 13.0 Å². The minimum absolute atomic E-state index is 0.188. The highest BCUT2D eigenvalue weighted by Gasteiger charge is 2.12. The van der Waals surface area contributed by atoms with Crippen molar-refractivity contribution in [2.75, 3.05) is 13.6 Å². The first-order valence-corrected chi connectivity index (χ1v) is 7.12. The Bertz CT molecular complexity index is 386. The minimum Gasteiger partial charge on any atom is -0.341 e. The lowest BCUT2D eigenvalue weighted by Gasteiger charge is -2.20. The van der Waals surface area contributed by atoms with Gasteiger partial charge in [-0.2, -0.15) is 0 Å². The van der Waals surface area contributed by atoms with E-state index in [0.717, 1.165) is 13.0 Å².